The zero-order chi connectivity index (χ0) is 12.3. The van der Waals surface area contributed by atoms with E-state index in [1.165, 1.54) is 29.1 Å². The van der Waals surface area contributed by atoms with Crippen molar-refractivity contribution in [2.75, 3.05) is 5.75 Å². The van der Waals surface area contributed by atoms with E-state index in [1.807, 2.05) is 11.8 Å². The molecule has 0 spiro atoms. The van der Waals surface area contributed by atoms with Crippen LogP contribution in [0.5, 0.6) is 0 Å². The fourth-order valence-corrected chi connectivity index (χ4v) is 2.78. The molecule has 94 valence electrons. The van der Waals surface area contributed by atoms with Crippen LogP contribution in [0, 0.1) is 5.92 Å². The zero-order valence-corrected chi connectivity index (χ0v) is 11.9. The number of benzene rings is 1. The predicted molar refractivity (Wildman–Crippen MR) is 76.5 cm³/mol. The Morgan fingerprint density at radius 2 is 2.06 bits per heavy atom. The number of rotatable bonds is 5. The minimum atomic E-state index is 0.192. The van der Waals surface area contributed by atoms with E-state index in [-0.39, 0.29) is 5.54 Å². The Bertz CT molecular complexity index is 363. The average Bonchev–Trinajstić information content (AvgIpc) is 3.07. The molecule has 0 unspecified atom stereocenters. The largest absolute Gasteiger partial charge is 0.308 e. The SMILES string of the molecule is CC(C)(C)NCc1cccc(SCC2CC2)c1. The molecule has 0 saturated heterocycles. The highest BCUT2D eigenvalue weighted by atomic mass is 32.2. The van der Waals surface area contributed by atoms with Crippen LogP contribution in [0.2, 0.25) is 0 Å². The van der Waals surface area contributed by atoms with Gasteiger partial charge in [0.05, 0.1) is 0 Å². The predicted octanol–water partition coefficient (Wildman–Crippen LogP) is 4.08. The summed E-state index contributed by atoms with van der Waals surface area (Å²) < 4.78 is 0. The van der Waals surface area contributed by atoms with Crippen LogP contribution in [-0.4, -0.2) is 11.3 Å². The lowest BCUT2D eigenvalue weighted by molar-refractivity contribution is 0.424. The molecular weight excluding hydrogens is 226 g/mol. The highest BCUT2D eigenvalue weighted by Crippen LogP contribution is 2.35. The van der Waals surface area contributed by atoms with Gasteiger partial charge in [-0.2, -0.15) is 0 Å². The molecule has 1 N–H and O–H groups in total. The number of hydrogen-bond donors (Lipinski definition) is 1. The molecule has 1 aromatic carbocycles. The van der Waals surface area contributed by atoms with Gasteiger partial charge in [0.25, 0.3) is 0 Å². The molecule has 1 aliphatic rings. The average molecular weight is 249 g/mol. The van der Waals surface area contributed by atoms with Gasteiger partial charge in [0.15, 0.2) is 0 Å². The van der Waals surface area contributed by atoms with Crippen molar-refractivity contribution >= 4 is 11.8 Å². The summed E-state index contributed by atoms with van der Waals surface area (Å²) in [6.07, 6.45) is 2.89. The van der Waals surface area contributed by atoms with Crippen LogP contribution >= 0.6 is 11.8 Å². The Labute approximate surface area is 109 Å². The lowest BCUT2D eigenvalue weighted by Gasteiger charge is -2.20. The van der Waals surface area contributed by atoms with E-state index in [2.05, 4.69) is 50.4 Å². The molecule has 0 heterocycles. The summed E-state index contributed by atoms with van der Waals surface area (Å²) >= 11 is 2.01. The van der Waals surface area contributed by atoms with Crippen LogP contribution in [0.15, 0.2) is 29.2 Å². The van der Waals surface area contributed by atoms with E-state index in [0.717, 1.165) is 12.5 Å². The first kappa shape index (κ1) is 13.0. The quantitative estimate of drug-likeness (QED) is 0.789. The van der Waals surface area contributed by atoms with E-state index < -0.39 is 0 Å². The lowest BCUT2D eigenvalue weighted by atomic mass is 10.1. The molecular formula is C15H23NS. The van der Waals surface area contributed by atoms with E-state index in [4.69, 9.17) is 0 Å². The van der Waals surface area contributed by atoms with Gasteiger partial charge >= 0.3 is 0 Å². The summed E-state index contributed by atoms with van der Waals surface area (Å²) in [5, 5.41) is 3.53. The molecule has 0 amide bonds. The van der Waals surface area contributed by atoms with E-state index in [1.54, 1.807) is 0 Å². The van der Waals surface area contributed by atoms with Gasteiger partial charge in [0.2, 0.25) is 0 Å². The zero-order valence-electron chi connectivity index (χ0n) is 11.1. The van der Waals surface area contributed by atoms with Gasteiger partial charge < -0.3 is 5.32 Å². The summed E-state index contributed by atoms with van der Waals surface area (Å²) in [5.74, 6) is 2.30. The standard InChI is InChI=1S/C15H23NS/c1-15(2,3)16-10-13-5-4-6-14(9-13)17-11-12-7-8-12/h4-6,9,12,16H,7-8,10-11H2,1-3H3. The third kappa shape index (κ3) is 5.13. The topological polar surface area (TPSA) is 12.0 Å². The molecule has 0 aromatic heterocycles. The smallest absolute Gasteiger partial charge is 0.0210 e. The third-order valence-corrected chi connectivity index (χ3v) is 4.13. The molecule has 17 heavy (non-hydrogen) atoms. The number of thioether (sulfide) groups is 1. The Morgan fingerprint density at radius 3 is 2.71 bits per heavy atom. The number of nitrogens with one attached hydrogen (secondary N) is 1. The lowest BCUT2D eigenvalue weighted by Crippen LogP contribution is -2.35. The monoisotopic (exact) mass is 249 g/mol. The van der Waals surface area contributed by atoms with Crippen molar-refractivity contribution in [2.24, 2.45) is 5.92 Å². The van der Waals surface area contributed by atoms with Crippen LogP contribution in [-0.2, 0) is 6.54 Å². The summed E-state index contributed by atoms with van der Waals surface area (Å²) in [7, 11) is 0. The van der Waals surface area contributed by atoms with E-state index in [9.17, 15) is 0 Å². The first-order chi connectivity index (χ1) is 8.03. The van der Waals surface area contributed by atoms with E-state index >= 15 is 0 Å². The van der Waals surface area contributed by atoms with Gasteiger partial charge in [0.1, 0.15) is 0 Å². The summed E-state index contributed by atoms with van der Waals surface area (Å²) in [4.78, 5) is 1.42. The molecule has 1 nitrogen and oxygen atoms in total. The van der Waals surface area contributed by atoms with Crippen LogP contribution in [0.1, 0.15) is 39.2 Å². The highest BCUT2D eigenvalue weighted by molar-refractivity contribution is 7.99. The third-order valence-electron chi connectivity index (χ3n) is 2.90. The van der Waals surface area contributed by atoms with Gasteiger partial charge in [-0.25, -0.2) is 0 Å². The van der Waals surface area contributed by atoms with Crippen LogP contribution < -0.4 is 5.32 Å². The van der Waals surface area contributed by atoms with Crippen molar-refractivity contribution in [1.82, 2.24) is 5.32 Å². The van der Waals surface area contributed by atoms with Gasteiger partial charge in [-0.15, -0.1) is 11.8 Å². The second-order valence-corrected chi connectivity index (χ2v) is 7.10. The Balaban J connectivity index is 1.86. The van der Waals surface area contributed by atoms with Crippen molar-refractivity contribution in [3.05, 3.63) is 29.8 Å². The molecule has 1 saturated carbocycles. The fraction of sp³-hybridized carbons (Fsp3) is 0.600. The molecule has 1 aliphatic carbocycles. The molecule has 0 radical (unpaired) electrons. The first-order valence-corrected chi connectivity index (χ1v) is 7.48. The summed E-state index contributed by atoms with van der Waals surface area (Å²) in [6, 6.07) is 8.94. The van der Waals surface area contributed by atoms with E-state index in [0.29, 0.717) is 0 Å². The van der Waals surface area contributed by atoms with Crippen LogP contribution in [0.3, 0.4) is 0 Å². The van der Waals surface area contributed by atoms with Gasteiger partial charge in [0, 0.05) is 22.7 Å². The van der Waals surface area contributed by atoms with Crippen LogP contribution in [0.4, 0.5) is 0 Å². The van der Waals surface area contributed by atoms with Crippen molar-refractivity contribution in [3.8, 4) is 0 Å². The molecule has 0 aliphatic heterocycles. The Morgan fingerprint density at radius 1 is 1.29 bits per heavy atom. The minimum Gasteiger partial charge on any atom is -0.308 e. The highest BCUT2D eigenvalue weighted by Gasteiger charge is 2.21. The fourth-order valence-electron chi connectivity index (χ4n) is 1.61. The molecule has 1 aromatic rings. The second kappa shape index (κ2) is 5.45. The van der Waals surface area contributed by atoms with Crippen molar-refractivity contribution in [2.45, 2.75) is 50.6 Å². The van der Waals surface area contributed by atoms with Crippen molar-refractivity contribution in [1.29, 1.82) is 0 Å². The maximum absolute atomic E-state index is 3.53. The minimum absolute atomic E-state index is 0.192. The van der Waals surface area contributed by atoms with Gasteiger partial charge in [-0.1, -0.05) is 12.1 Å². The van der Waals surface area contributed by atoms with Crippen molar-refractivity contribution < 1.29 is 0 Å². The normalized spacial score (nSPS) is 16.2. The first-order valence-electron chi connectivity index (χ1n) is 6.50. The van der Waals surface area contributed by atoms with Crippen LogP contribution in [0.25, 0.3) is 0 Å². The second-order valence-electron chi connectivity index (χ2n) is 6.01. The van der Waals surface area contributed by atoms with Crippen molar-refractivity contribution in [3.63, 3.8) is 0 Å². The molecule has 1 fully saturated rings. The Hall–Kier alpha value is -0.470. The molecule has 0 bridgehead atoms. The molecule has 2 rings (SSSR count). The van der Waals surface area contributed by atoms with Gasteiger partial charge in [-0.05, 0) is 57.2 Å². The maximum Gasteiger partial charge on any atom is 0.0210 e. The maximum atomic E-state index is 3.53. The Kier molecular flexibility index (Phi) is 4.16. The molecule has 0 atom stereocenters. The summed E-state index contributed by atoms with van der Waals surface area (Å²) in [5.41, 5.74) is 1.58. The number of hydrogen-bond acceptors (Lipinski definition) is 2. The molecule has 2 heteroatoms. The summed E-state index contributed by atoms with van der Waals surface area (Å²) in [6.45, 7) is 7.58. The van der Waals surface area contributed by atoms with Gasteiger partial charge in [-0.3, -0.25) is 0 Å².